The molecule has 0 bridgehead atoms. The Hall–Kier alpha value is -0.200. The summed E-state index contributed by atoms with van der Waals surface area (Å²) in [4.78, 5) is 2.48. The van der Waals surface area contributed by atoms with Gasteiger partial charge in [-0.3, -0.25) is 4.90 Å². The van der Waals surface area contributed by atoms with E-state index in [4.69, 9.17) is 5.26 Å². The van der Waals surface area contributed by atoms with Crippen molar-refractivity contribution < 1.29 is 0 Å². The van der Waals surface area contributed by atoms with Crippen LogP contribution in [0.4, 0.5) is 0 Å². The number of hydrogen-bond donors (Lipinski definition) is 0. The lowest BCUT2D eigenvalue weighted by molar-refractivity contribution is 0.198. The van der Waals surface area contributed by atoms with E-state index in [0.717, 1.165) is 18.3 Å². The van der Waals surface area contributed by atoms with Gasteiger partial charge in [-0.05, 0) is 6.42 Å². The van der Waals surface area contributed by atoms with E-state index < -0.39 is 0 Å². The maximum atomic E-state index is 8.54. The Morgan fingerprint density at radius 3 is 3.00 bits per heavy atom. The second-order valence-corrected chi connectivity index (χ2v) is 4.98. The normalized spacial score (nSPS) is 29.9. The Morgan fingerprint density at radius 2 is 2.38 bits per heavy atom. The lowest BCUT2D eigenvalue weighted by Gasteiger charge is -2.38. The number of nitriles is 1. The first-order valence-corrected chi connectivity index (χ1v) is 6.07. The molecule has 1 fully saturated rings. The van der Waals surface area contributed by atoms with Crippen LogP contribution in [0.1, 0.15) is 26.7 Å². The van der Waals surface area contributed by atoms with Gasteiger partial charge in [0.05, 0.1) is 6.07 Å². The van der Waals surface area contributed by atoms with Gasteiger partial charge >= 0.3 is 0 Å². The Labute approximate surface area is 85.3 Å². The molecule has 13 heavy (non-hydrogen) atoms. The Bertz CT molecular complexity index is 188. The van der Waals surface area contributed by atoms with E-state index in [2.05, 4.69) is 36.6 Å². The molecular weight excluding hydrogens is 180 g/mol. The number of thioether (sulfide) groups is 1. The molecule has 0 aromatic heterocycles. The second kappa shape index (κ2) is 5.51. The van der Waals surface area contributed by atoms with Gasteiger partial charge in [-0.2, -0.15) is 17.0 Å². The molecule has 1 rings (SSSR count). The summed E-state index contributed by atoms with van der Waals surface area (Å²) in [7, 11) is 0. The standard InChI is InChI=1S/C10H18N2S/c1-3-10-9(2)13-8-7-12(10)6-4-5-11/h9-10H,3-4,6-8H2,1-2H3. The predicted octanol–water partition coefficient (Wildman–Crippen LogP) is 2.12. The van der Waals surface area contributed by atoms with Crippen LogP contribution in [0.2, 0.25) is 0 Å². The van der Waals surface area contributed by atoms with Gasteiger partial charge in [0.1, 0.15) is 0 Å². The maximum Gasteiger partial charge on any atom is 0.0635 e. The fraction of sp³-hybridized carbons (Fsp3) is 0.900. The van der Waals surface area contributed by atoms with Gasteiger partial charge in [0.2, 0.25) is 0 Å². The molecular formula is C10H18N2S. The summed E-state index contributed by atoms with van der Waals surface area (Å²) >= 11 is 2.06. The minimum absolute atomic E-state index is 0.674. The Kier molecular flexibility index (Phi) is 4.61. The molecule has 2 nitrogen and oxygen atoms in total. The minimum Gasteiger partial charge on any atom is -0.297 e. The predicted molar refractivity (Wildman–Crippen MR) is 57.8 cm³/mol. The van der Waals surface area contributed by atoms with Crippen LogP contribution in [0.5, 0.6) is 0 Å². The molecule has 0 amide bonds. The number of nitrogens with zero attached hydrogens (tertiary/aromatic N) is 2. The van der Waals surface area contributed by atoms with Crippen LogP contribution in [0, 0.1) is 11.3 Å². The van der Waals surface area contributed by atoms with E-state index in [0.29, 0.717) is 12.5 Å². The van der Waals surface area contributed by atoms with Crippen molar-refractivity contribution in [2.75, 3.05) is 18.8 Å². The summed E-state index contributed by atoms with van der Waals surface area (Å²) in [5, 5.41) is 9.27. The number of hydrogen-bond acceptors (Lipinski definition) is 3. The summed E-state index contributed by atoms with van der Waals surface area (Å²) in [6.45, 7) is 6.67. The van der Waals surface area contributed by atoms with Crippen LogP contribution in [-0.2, 0) is 0 Å². The molecule has 1 saturated heterocycles. The van der Waals surface area contributed by atoms with E-state index in [1.807, 2.05) is 0 Å². The summed E-state index contributed by atoms with van der Waals surface area (Å²) in [5.74, 6) is 1.23. The van der Waals surface area contributed by atoms with Gasteiger partial charge in [0.15, 0.2) is 0 Å². The third kappa shape index (κ3) is 2.89. The van der Waals surface area contributed by atoms with Crippen molar-refractivity contribution in [1.29, 1.82) is 5.26 Å². The molecule has 2 unspecified atom stereocenters. The molecule has 0 saturated carbocycles. The molecule has 0 aromatic carbocycles. The van der Waals surface area contributed by atoms with Gasteiger partial charge in [-0.1, -0.05) is 13.8 Å². The zero-order valence-electron chi connectivity index (χ0n) is 8.49. The van der Waals surface area contributed by atoms with Crippen molar-refractivity contribution in [2.45, 2.75) is 38.0 Å². The molecule has 0 aliphatic carbocycles. The van der Waals surface area contributed by atoms with Gasteiger partial charge in [0.25, 0.3) is 0 Å². The van der Waals surface area contributed by atoms with Crippen molar-refractivity contribution in [3.05, 3.63) is 0 Å². The lowest BCUT2D eigenvalue weighted by Crippen LogP contribution is -2.46. The Balaban J connectivity index is 2.45. The third-order valence-corrected chi connectivity index (χ3v) is 3.96. The fourth-order valence-corrected chi connectivity index (χ4v) is 3.29. The fourth-order valence-electron chi connectivity index (χ4n) is 1.99. The zero-order valence-corrected chi connectivity index (χ0v) is 9.31. The van der Waals surface area contributed by atoms with Crippen molar-refractivity contribution in [1.82, 2.24) is 4.90 Å². The smallest absolute Gasteiger partial charge is 0.0635 e. The van der Waals surface area contributed by atoms with Crippen LogP contribution in [0.3, 0.4) is 0 Å². The highest BCUT2D eigenvalue weighted by molar-refractivity contribution is 8.00. The van der Waals surface area contributed by atoms with Crippen LogP contribution in [-0.4, -0.2) is 35.0 Å². The first-order chi connectivity index (χ1) is 6.29. The highest BCUT2D eigenvalue weighted by Gasteiger charge is 2.26. The number of rotatable bonds is 3. The van der Waals surface area contributed by atoms with Crippen molar-refractivity contribution in [3.8, 4) is 6.07 Å². The van der Waals surface area contributed by atoms with E-state index in [1.165, 1.54) is 12.2 Å². The average molecular weight is 198 g/mol. The van der Waals surface area contributed by atoms with Crippen LogP contribution in [0.25, 0.3) is 0 Å². The van der Waals surface area contributed by atoms with Gasteiger partial charge in [-0.15, -0.1) is 0 Å². The topological polar surface area (TPSA) is 27.0 Å². The zero-order chi connectivity index (χ0) is 9.68. The highest BCUT2D eigenvalue weighted by Crippen LogP contribution is 2.26. The molecule has 1 heterocycles. The molecule has 0 N–H and O–H groups in total. The molecule has 74 valence electrons. The van der Waals surface area contributed by atoms with Crippen LogP contribution < -0.4 is 0 Å². The second-order valence-electron chi connectivity index (χ2n) is 3.50. The molecule has 1 aliphatic rings. The quantitative estimate of drug-likeness (QED) is 0.695. The first-order valence-electron chi connectivity index (χ1n) is 5.02. The van der Waals surface area contributed by atoms with Crippen molar-refractivity contribution >= 4 is 11.8 Å². The molecule has 1 aliphatic heterocycles. The molecule has 0 aromatic rings. The largest absolute Gasteiger partial charge is 0.297 e. The van der Waals surface area contributed by atoms with Gasteiger partial charge in [-0.25, -0.2) is 0 Å². The summed E-state index contributed by atoms with van der Waals surface area (Å²) in [6, 6.07) is 2.91. The summed E-state index contributed by atoms with van der Waals surface area (Å²) in [5.41, 5.74) is 0. The summed E-state index contributed by atoms with van der Waals surface area (Å²) < 4.78 is 0. The van der Waals surface area contributed by atoms with E-state index in [1.54, 1.807) is 0 Å². The SMILES string of the molecule is CCC1C(C)SCCN1CCC#N. The molecule has 0 spiro atoms. The summed E-state index contributed by atoms with van der Waals surface area (Å²) in [6.07, 6.45) is 1.88. The minimum atomic E-state index is 0.674. The van der Waals surface area contributed by atoms with Gasteiger partial charge < -0.3 is 0 Å². The van der Waals surface area contributed by atoms with Crippen LogP contribution >= 0.6 is 11.8 Å². The van der Waals surface area contributed by atoms with Crippen molar-refractivity contribution in [2.24, 2.45) is 0 Å². The average Bonchev–Trinajstić information content (AvgIpc) is 2.15. The van der Waals surface area contributed by atoms with Crippen LogP contribution in [0.15, 0.2) is 0 Å². The Morgan fingerprint density at radius 1 is 1.62 bits per heavy atom. The molecule has 2 atom stereocenters. The van der Waals surface area contributed by atoms with E-state index in [9.17, 15) is 0 Å². The molecule has 0 radical (unpaired) electrons. The maximum absolute atomic E-state index is 8.54. The van der Waals surface area contributed by atoms with Crippen molar-refractivity contribution in [3.63, 3.8) is 0 Å². The van der Waals surface area contributed by atoms with Gasteiger partial charge in [0, 0.05) is 36.6 Å². The van der Waals surface area contributed by atoms with E-state index in [-0.39, 0.29) is 0 Å². The highest BCUT2D eigenvalue weighted by atomic mass is 32.2. The third-order valence-electron chi connectivity index (χ3n) is 2.70. The molecule has 3 heteroatoms. The van der Waals surface area contributed by atoms with E-state index >= 15 is 0 Å². The lowest BCUT2D eigenvalue weighted by atomic mass is 10.1. The monoisotopic (exact) mass is 198 g/mol. The first kappa shape index (κ1) is 10.9.